The third kappa shape index (κ3) is 2.23. The first-order valence-electron chi connectivity index (χ1n) is 5.57. The zero-order valence-electron chi connectivity index (χ0n) is 9.56. The molecule has 0 radical (unpaired) electrons. The number of nitrogens with two attached hydrogens (primary N) is 1. The van der Waals surface area contributed by atoms with E-state index in [9.17, 15) is 15.0 Å². The first kappa shape index (κ1) is 13.0. The summed E-state index contributed by atoms with van der Waals surface area (Å²) < 4.78 is 5.35. The SMILES string of the molecule is NC(=O)c1cccc([C@@H]2O[C@H](CO)[C@H](O)C2O)c1. The van der Waals surface area contributed by atoms with Crippen LogP contribution >= 0.6 is 0 Å². The summed E-state index contributed by atoms with van der Waals surface area (Å²) in [7, 11) is 0. The molecule has 1 saturated heterocycles. The highest BCUT2D eigenvalue weighted by Crippen LogP contribution is 2.33. The average Bonchev–Trinajstić information content (AvgIpc) is 2.66. The Balaban J connectivity index is 2.27. The highest BCUT2D eigenvalue weighted by Gasteiger charge is 2.42. The third-order valence-electron chi connectivity index (χ3n) is 3.04. The van der Waals surface area contributed by atoms with Gasteiger partial charge in [0.15, 0.2) is 0 Å². The number of benzene rings is 1. The van der Waals surface area contributed by atoms with Crippen molar-refractivity contribution < 1.29 is 24.9 Å². The van der Waals surface area contributed by atoms with Crippen molar-refractivity contribution in [3.8, 4) is 0 Å². The Morgan fingerprint density at radius 1 is 1.33 bits per heavy atom. The lowest BCUT2D eigenvalue weighted by molar-refractivity contribution is -0.0227. The van der Waals surface area contributed by atoms with Gasteiger partial charge in [-0.25, -0.2) is 0 Å². The average molecular weight is 253 g/mol. The van der Waals surface area contributed by atoms with E-state index in [0.717, 1.165) is 0 Å². The predicted octanol–water partition coefficient (Wildman–Crippen LogP) is -1.06. The van der Waals surface area contributed by atoms with Crippen molar-refractivity contribution in [2.75, 3.05) is 6.61 Å². The highest BCUT2D eigenvalue weighted by atomic mass is 16.6. The Kier molecular flexibility index (Phi) is 3.63. The molecule has 0 bridgehead atoms. The third-order valence-corrected chi connectivity index (χ3v) is 3.04. The molecule has 2 rings (SSSR count). The summed E-state index contributed by atoms with van der Waals surface area (Å²) in [4.78, 5) is 11.1. The summed E-state index contributed by atoms with van der Waals surface area (Å²) in [5.74, 6) is -0.580. The summed E-state index contributed by atoms with van der Waals surface area (Å²) in [5, 5.41) is 28.5. The number of carbonyl (C=O) groups excluding carboxylic acids is 1. The van der Waals surface area contributed by atoms with Crippen LogP contribution in [0.5, 0.6) is 0 Å². The number of hydrogen-bond donors (Lipinski definition) is 4. The molecule has 98 valence electrons. The van der Waals surface area contributed by atoms with E-state index in [1.54, 1.807) is 18.2 Å². The lowest BCUT2D eigenvalue weighted by Crippen LogP contribution is -2.32. The van der Waals surface area contributed by atoms with Crippen molar-refractivity contribution in [1.29, 1.82) is 0 Å². The lowest BCUT2D eigenvalue weighted by atomic mass is 10.00. The second-order valence-electron chi connectivity index (χ2n) is 4.25. The fourth-order valence-electron chi connectivity index (χ4n) is 2.04. The normalized spacial score (nSPS) is 31.5. The van der Waals surface area contributed by atoms with Gasteiger partial charge >= 0.3 is 0 Å². The van der Waals surface area contributed by atoms with Crippen LogP contribution in [0.4, 0.5) is 0 Å². The fourth-order valence-corrected chi connectivity index (χ4v) is 2.04. The molecule has 0 spiro atoms. The van der Waals surface area contributed by atoms with Crippen LogP contribution in [0.1, 0.15) is 22.0 Å². The van der Waals surface area contributed by atoms with Gasteiger partial charge in [0.25, 0.3) is 0 Å². The molecule has 18 heavy (non-hydrogen) atoms. The van der Waals surface area contributed by atoms with Crippen molar-refractivity contribution in [3.05, 3.63) is 35.4 Å². The molecule has 1 fully saturated rings. The molecule has 1 aliphatic heterocycles. The molecule has 6 nitrogen and oxygen atoms in total. The minimum absolute atomic E-state index is 0.297. The minimum Gasteiger partial charge on any atom is -0.394 e. The summed E-state index contributed by atoms with van der Waals surface area (Å²) in [6.45, 7) is -0.385. The molecule has 1 aliphatic rings. The zero-order valence-corrected chi connectivity index (χ0v) is 9.56. The monoisotopic (exact) mass is 253 g/mol. The van der Waals surface area contributed by atoms with E-state index in [-0.39, 0.29) is 6.61 Å². The predicted molar refractivity (Wildman–Crippen MR) is 61.7 cm³/mol. The maximum Gasteiger partial charge on any atom is 0.248 e. The van der Waals surface area contributed by atoms with Crippen LogP contribution in [-0.4, -0.2) is 46.1 Å². The standard InChI is InChI=1S/C12H15NO5/c13-12(17)7-3-1-2-6(4-7)11-10(16)9(15)8(5-14)18-11/h1-4,8-11,14-16H,5H2,(H2,13,17)/t8-,9+,10?,11+/m1/s1. The molecule has 1 heterocycles. The number of rotatable bonds is 3. The van der Waals surface area contributed by atoms with E-state index >= 15 is 0 Å². The maximum atomic E-state index is 11.1. The zero-order chi connectivity index (χ0) is 13.3. The van der Waals surface area contributed by atoms with E-state index in [0.29, 0.717) is 11.1 Å². The van der Waals surface area contributed by atoms with Crippen molar-refractivity contribution in [3.63, 3.8) is 0 Å². The second kappa shape index (κ2) is 5.03. The van der Waals surface area contributed by atoms with Gasteiger partial charge in [-0.05, 0) is 17.7 Å². The maximum absolute atomic E-state index is 11.1. The molecular weight excluding hydrogens is 238 g/mol. The molecule has 1 aromatic rings. The Hall–Kier alpha value is -1.47. The van der Waals surface area contributed by atoms with Crippen molar-refractivity contribution in [2.45, 2.75) is 24.4 Å². The van der Waals surface area contributed by atoms with E-state index in [1.165, 1.54) is 6.07 Å². The molecular formula is C12H15NO5. The van der Waals surface area contributed by atoms with Crippen LogP contribution in [0.3, 0.4) is 0 Å². The van der Waals surface area contributed by atoms with Gasteiger partial charge in [-0.1, -0.05) is 12.1 Å². The number of ether oxygens (including phenoxy) is 1. The summed E-state index contributed by atoms with van der Waals surface area (Å²) in [6.07, 6.45) is -3.92. The Bertz CT molecular complexity index is 450. The summed E-state index contributed by atoms with van der Waals surface area (Å²) in [6, 6.07) is 6.33. The van der Waals surface area contributed by atoms with Gasteiger partial charge in [0.1, 0.15) is 24.4 Å². The second-order valence-corrected chi connectivity index (χ2v) is 4.25. The van der Waals surface area contributed by atoms with Crippen molar-refractivity contribution >= 4 is 5.91 Å². The van der Waals surface area contributed by atoms with Crippen LogP contribution in [0, 0.1) is 0 Å². The number of aliphatic hydroxyl groups excluding tert-OH is 3. The van der Waals surface area contributed by atoms with Gasteiger partial charge < -0.3 is 25.8 Å². The van der Waals surface area contributed by atoms with Crippen LogP contribution in [0.15, 0.2) is 24.3 Å². The number of aliphatic hydroxyl groups is 3. The molecule has 0 aromatic heterocycles. The lowest BCUT2D eigenvalue weighted by Gasteiger charge is -2.15. The minimum atomic E-state index is -1.16. The summed E-state index contributed by atoms with van der Waals surface area (Å²) >= 11 is 0. The van der Waals surface area contributed by atoms with Crippen molar-refractivity contribution in [2.24, 2.45) is 5.73 Å². The van der Waals surface area contributed by atoms with Gasteiger partial charge in [0, 0.05) is 5.56 Å². The van der Waals surface area contributed by atoms with E-state index < -0.39 is 30.3 Å². The van der Waals surface area contributed by atoms with Crippen LogP contribution in [-0.2, 0) is 4.74 Å². The van der Waals surface area contributed by atoms with E-state index in [1.807, 2.05) is 0 Å². The number of primary amides is 1. The van der Waals surface area contributed by atoms with E-state index in [2.05, 4.69) is 0 Å². The van der Waals surface area contributed by atoms with Gasteiger partial charge in [-0.2, -0.15) is 0 Å². The molecule has 1 amide bonds. The molecule has 0 aliphatic carbocycles. The van der Waals surface area contributed by atoms with Gasteiger partial charge in [-0.3, -0.25) is 4.79 Å². The van der Waals surface area contributed by atoms with Gasteiger partial charge in [-0.15, -0.1) is 0 Å². The topological polar surface area (TPSA) is 113 Å². The smallest absolute Gasteiger partial charge is 0.248 e. The van der Waals surface area contributed by atoms with Gasteiger partial charge in [0.05, 0.1) is 6.61 Å². The number of hydrogen-bond acceptors (Lipinski definition) is 5. The Morgan fingerprint density at radius 2 is 2.06 bits per heavy atom. The fraction of sp³-hybridized carbons (Fsp3) is 0.417. The first-order valence-corrected chi connectivity index (χ1v) is 5.57. The van der Waals surface area contributed by atoms with Crippen LogP contribution < -0.4 is 5.73 Å². The van der Waals surface area contributed by atoms with Crippen molar-refractivity contribution in [1.82, 2.24) is 0 Å². The number of carbonyl (C=O) groups is 1. The van der Waals surface area contributed by atoms with E-state index in [4.69, 9.17) is 15.6 Å². The van der Waals surface area contributed by atoms with Gasteiger partial charge in [0.2, 0.25) is 5.91 Å². The summed E-state index contributed by atoms with van der Waals surface area (Å²) in [5.41, 5.74) is 6.00. The Morgan fingerprint density at radius 3 is 2.61 bits per heavy atom. The molecule has 0 saturated carbocycles. The Labute approximate surface area is 104 Å². The molecule has 6 heteroatoms. The molecule has 1 unspecified atom stereocenters. The van der Waals surface area contributed by atoms with Crippen LogP contribution in [0.2, 0.25) is 0 Å². The quantitative estimate of drug-likeness (QED) is 0.548. The molecule has 1 aromatic carbocycles. The molecule has 4 atom stereocenters. The highest BCUT2D eigenvalue weighted by molar-refractivity contribution is 5.92. The van der Waals surface area contributed by atoms with Crippen LogP contribution in [0.25, 0.3) is 0 Å². The molecule has 5 N–H and O–H groups in total. The number of amides is 1. The largest absolute Gasteiger partial charge is 0.394 e. The first-order chi connectivity index (χ1) is 8.54.